The summed E-state index contributed by atoms with van der Waals surface area (Å²) in [6.07, 6.45) is 1.02. The summed E-state index contributed by atoms with van der Waals surface area (Å²) in [4.78, 5) is 17.7. The van der Waals surface area contributed by atoms with Crippen LogP contribution in [0.25, 0.3) is 11.1 Å². The number of thiophene rings is 1. The molecule has 0 amide bonds. The molecule has 0 saturated carbocycles. The Hall–Kier alpha value is -2.21. The number of oxazole rings is 1. The molecule has 3 heterocycles. The normalized spacial score (nSPS) is 18.1. The lowest BCUT2D eigenvalue weighted by Gasteiger charge is -2.36. The van der Waals surface area contributed by atoms with Gasteiger partial charge < -0.3 is 15.1 Å². The Bertz CT molecular complexity index is 877. The number of nitrogens with one attached hydrogen (secondary N) is 1. The predicted octanol–water partition coefficient (Wildman–Crippen LogP) is 2.89. The average Bonchev–Trinajstić information content (AvgIpc) is 3.04. The molecule has 5 nitrogen and oxygen atoms in total. The first-order valence-corrected chi connectivity index (χ1v) is 7.76. The summed E-state index contributed by atoms with van der Waals surface area (Å²) in [7, 11) is 0. The van der Waals surface area contributed by atoms with Crippen molar-refractivity contribution >= 4 is 33.8 Å². The topological polar surface area (TPSA) is 75.3 Å². The highest BCUT2D eigenvalue weighted by Crippen LogP contribution is 2.39. The smallest absolute Gasteiger partial charge is 0.408 e. The molecule has 0 saturated heterocycles. The number of nitrogens with zero attached hydrogens (tertiary/aromatic N) is 1. The van der Waals surface area contributed by atoms with E-state index in [0.717, 1.165) is 18.7 Å². The van der Waals surface area contributed by atoms with E-state index in [2.05, 4.69) is 28.3 Å². The van der Waals surface area contributed by atoms with Gasteiger partial charge in [-0.2, -0.15) is 0 Å². The average molecular weight is 301 g/mol. The summed E-state index contributed by atoms with van der Waals surface area (Å²) in [5.74, 6) is -0.451. The molecule has 1 unspecified atom stereocenters. The highest BCUT2D eigenvalue weighted by Gasteiger charge is 2.26. The summed E-state index contributed by atoms with van der Waals surface area (Å²) in [5, 5.41) is 2.14. The van der Waals surface area contributed by atoms with Crippen molar-refractivity contribution < 1.29 is 4.42 Å². The summed E-state index contributed by atoms with van der Waals surface area (Å²) in [6, 6.07) is 6.09. The van der Waals surface area contributed by atoms with E-state index in [1.165, 1.54) is 10.4 Å². The van der Waals surface area contributed by atoms with Crippen LogP contribution < -0.4 is 16.4 Å². The van der Waals surface area contributed by atoms with Crippen molar-refractivity contribution in [1.29, 1.82) is 0 Å². The first-order chi connectivity index (χ1) is 10.1. The largest absolute Gasteiger partial charge is 0.417 e. The molecule has 0 spiro atoms. The van der Waals surface area contributed by atoms with Crippen molar-refractivity contribution in [3.05, 3.63) is 44.6 Å². The lowest BCUT2D eigenvalue weighted by Crippen LogP contribution is -2.33. The maximum Gasteiger partial charge on any atom is 0.417 e. The van der Waals surface area contributed by atoms with Crippen molar-refractivity contribution in [2.45, 2.75) is 19.4 Å². The molecule has 1 aliphatic rings. The van der Waals surface area contributed by atoms with Gasteiger partial charge in [-0.1, -0.05) is 0 Å². The van der Waals surface area contributed by atoms with Crippen molar-refractivity contribution in [3.63, 3.8) is 0 Å². The molecule has 0 aliphatic carbocycles. The molecule has 2 aromatic heterocycles. The number of anilines is 2. The third-order valence-corrected chi connectivity index (χ3v) is 5.15. The van der Waals surface area contributed by atoms with Crippen LogP contribution in [0.1, 0.15) is 23.4 Å². The molecule has 6 heteroatoms. The monoisotopic (exact) mass is 301 g/mol. The number of benzene rings is 1. The number of fused-ring (bicyclic) bond motifs is 2. The third-order valence-electron chi connectivity index (χ3n) is 4.15. The molecular formula is C15H15N3O2S. The first-order valence-electron chi connectivity index (χ1n) is 6.89. The fourth-order valence-corrected chi connectivity index (χ4v) is 4.05. The van der Waals surface area contributed by atoms with Gasteiger partial charge in [0.15, 0.2) is 5.58 Å². The van der Waals surface area contributed by atoms with Gasteiger partial charge >= 0.3 is 5.76 Å². The minimum Gasteiger partial charge on any atom is -0.408 e. The van der Waals surface area contributed by atoms with Crippen LogP contribution in [0.2, 0.25) is 0 Å². The SMILES string of the molecule is CC1c2ccsc2CCN1c1cc2[nH]c(=O)oc2cc1N. The molecule has 4 rings (SSSR count). The minimum absolute atomic E-state index is 0.276. The third kappa shape index (κ3) is 1.86. The Kier molecular flexibility index (Phi) is 2.62. The predicted molar refractivity (Wildman–Crippen MR) is 85.0 cm³/mol. The minimum atomic E-state index is -0.451. The number of aromatic nitrogens is 1. The summed E-state index contributed by atoms with van der Waals surface area (Å²) in [5.41, 5.74) is 10.3. The van der Waals surface area contributed by atoms with Crippen LogP contribution in [-0.4, -0.2) is 11.5 Å². The molecule has 108 valence electrons. The molecule has 0 bridgehead atoms. The highest BCUT2D eigenvalue weighted by atomic mass is 32.1. The molecular weight excluding hydrogens is 286 g/mol. The lowest BCUT2D eigenvalue weighted by molar-refractivity contribution is 0.555. The van der Waals surface area contributed by atoms with E-state index in [9.17, 15) is 4.79 Å². The second-order valence-electron chi connectivity index (χ2n) is 5.34. The fraction of sp³-hybridized carbons (Fsp3) is 0.267. The highest BCUT2D eigenvalue weighted by molar-refractivity contribution is 7.10. The number of aromatic amines is 1. The van der Waals surface area contributed by atoms with Gasteiger partial charge in [-0.3, -0.25) is 4.98 Å². The second kappa shape index (κ2) is 4.39. The van der Waals surface area contributed by atoms with Crippen LogP contribution in [0.4, 0.5) is 11.4 Å². The van der Waals surface area contributed by atoms with E-state index < -0.39 is 5.76 Å². The number of rotatable bonds is 1. The Labute approximate surface area is 125 Å². The zero-order chi connectivity index (χ0) is 14.6. The molecule has 1 aromatic carbocycles. The van der Waals surface area contributed by atoms with Crippen LogP contribution in [0.5, 0.6) is 0 Å². The quantitative estimate of drug-likeness (QED) is 0.678. The van der Waals surface area contributed by atoms with Gasteiger partial charge in [-0.05, 0) is 36.4 Å². The Morgan fingerprint density at radius 3 is 3.19 bits per heavy atom. The number of hydrogen-bond acceptors (Lipinski definition) is 5. The Morgan fingerprint density at radius 1 is 1.48 bits per heavy atom. The first kappa shape index (κ1) is 12.5. The van der Waals surface area contributed by atoms with E-state index in [-0.39, 0.29) is 6.04 Å². The molecule has 3 aromatic rings. The lowest BCUT2D eigenvalue weighted by atomic mass is 10.0. The van der Waals surface area contributed by atoms with Crippen molar-refractivity contribution in [3.8, 4) is 0 Å². The maximum atomic E-state index is 11.3. The van der Waals surface area contributed by atoms with Gasteiger partial charge in [-0.25, -0.2) is 4.79 Å². The Balaban J connectivity index is 1.83. The zero-order valence-electron chi connectivity index (χ0n) is 11.6. The molecule has 1 atom stereocenters. The molecule has 0 fully saturated rings. The van der Waals surface area contributed by atoms with Gasteiger partial charge in [-0.15, -0.1) is 11.3 Å². The number of H-pyrrole nitrogens is 1. The number of hydrogen-bond donors (Lipinski definition) is 2. The van der Waals surface area contributed by atoms with E-state index in [1.54, 1.807) is 6.07 Å². The second-order valence-corrected chi connectivity index (χ2v) is 6.34. The zero-order valence-corrected chi connectivity index (χ0v) is 12.4. The molecule has 3 N–H and O–H groups in total. The van der Waals surface area contributed by atoms with Crippen molar-refractivity contribution in [1.82, 2.24) is 4.98 Å². The van der Waals surface area contributed by atoms with Crippen LogP contribution in [0, 0.1) is 0 Å². The van der Waals surface area contributed by atoms with Crippen LogP contribution in [-0.2, 0) is 6.42 Å². The standard InChI is InChI=1S/C15H15N3O2S/c1-8-9-3-5-21-14(9)2-4-18(8)12-7-11-13(6-10(12)16)20-15(19)17-11/h3,5-8H,2,4,16H2,1H3,(H,17,19). The van der Waals surface area contributed by atoms with E-state index in [1.807, 2.05) is 17.4 Å². The van der Waals surface area contributed by atoms with Crippen molar-refractivity contribution in [2.75, 3.05) is 17.2 Å². The maximum absolute atomic E-state index is 11.3. The van der Waals surface area contributed by atoms with Gasteiger partial charge in [0.2, 0.25) is 0 Å². The summed E-state index contributed by atoms with van der Waals surface area (Å²) < 4.78 is 5.05. The number of nitrogens with two attached hydrogens (primary N) is 1. The summed E-state index contributed by atoms with van der Waals surface area (Å²) >= 11 is 1.82. The van der Waals surface area contributed by atoms with Gasteiger partial charge in [0.1, 0.15) is 0 Å². The Morgan fingerprint density at radius 2 is 2.33 bits per heavy atom. The van der Waals surface area contributed by atoms with E-state index in [0.29, 0.717) is 16.8 Å². The van der Waals surface area contributed by atoms with Crippen LogP contribution in [0.15, 0.2) is 32.8 Å². The number of nitrogen functional groups attached to an aromatic ring is 1. The van der Waals surface area contributed by atoms with E-state index >= 15 is 0 Å². The van der Waals surface area contributed by atoms with Gasteiger partial charge in [0.05, 0.1) is 22.9 Å². The molecule has 1 aliphatic heterocycles. The van der Waals surface area contributed by atoms with Crippen molar-refractivity contribution in [2.24, 2.45) is 0 Å². The molecule has 21 heavy (non-hydrogen) atoms. The fourth-order valence-electron chi connectivity index (χ4n) is 3.09. The molecule has 0 radical (unpaired) electrons. The summed E-state index contributed by atoms with van der Waals surface area (Å²) in [6.45, 7) is 3.11. The van der Waals surface area contributed by atoms with Gasteiger partial charge in [0, 0.05) is 17.5 Å². The van der Waals surface area contributed by atoms with Crippen LogP contribution >= 0.6 is 11.3 Å². The van der Waals surface area contributed by atoms with E-state index in [4.69, 9.17) is 10.2 Å². The van der Waals surface area contributed by atoms with Crippen LogP contribution in [0.3, 0.4) is 0 Å². The van der Waals surface area contributed by atoms with Gasteiger partial charge in [0.25, 0.3) is 0 Å².